The lowest BCUT2D eigenvalue weighted by atomic mass is 10.1. The summed E-state index contributed by atoms with van der Waals surface area (Å²) in [5.74, 6) is -15.6. The Labute approximate surface area is 349 Å². The van der Waals surface area contributed by atoms with Gasteiger partial charge in [-0.05, 0) is 6.92 Å². The molecule has 0 unspecified atom stereocenters. The van der Waals surface area contributed by atoms with Crippen LogP contribution in [0.2, 0.25) is 0 Å². The first-order valence-corrected chi connectivity index (χ1v) is 18.1. The van der Waals surface area contributed by atoms with E-state index in [2.05, 4.69) is 47.9 Å². The summed E-state index contributed by atoms with van der Waals surface area (Å²) >= 11 is 0. The van der Waals surface area contributed by atoms with E-state index in [1.807, 2.05) is 0 Å². The van der Waals surface area contributed by atoms with Gasteiger partial charge in [0.25, 0.3) is 0 Å². The number of rotatable bonds is 38. The van der Waals surface area contributed by atoms with Crippen LogP contribution in [0.4, 0.5) is 0 Å². The van der Waals surface area contributed by atoms with Crippen molar-refractivity contribution in [3.63, 3.8) is 0 Å². The van der Waals surface area contributed by atoms with Crippen LogP contribution in [0.1, 0.15) is 6.92 Å². The molecule has 31 heteroatoms. The minimum atomic E-state index is -1.71. The molecule has 11 atom stereocenters. The monoisotopic (exact) mass is 902 g/mol. The molecule has 0 bridgehead atoms. The molecule has 0 heterocycles. The Morgan fingerprint density at radius 3 is 0.645 bits per heavy atom. The third kappa shape index (κ3) is 22.2. The number of aliphatic carboxylic acids is 10. The summed E-state index contributed by atoms with van der Waals surface area (Å²) in [7, 11) is 0. The summed E-state index contributed by atoms with van der Waals surface area (Å²) in [6, 6.07) is -16.2. The van der Waals surface area contributed by atoms with Crippen molar-refractivity contribution in [2.75, 3.05) is 58.9 Å². The van der Waals surface area contributed by atoms with Crippen molar-refractivity contribution in [1.29, 1.82) is 0 Å². The number of carboxylic acids is 10. The Morgan fingerprint density at radius 1 is 0.323 bits per heavy atom. The zero-order chi connectivity index (χ0) is 47.9. The van der Waals surface area contributed by atoms with Crippen LogP contribution in [0, 0.1) is 0 Å². The molecule has 22 N–H and O–H groups in total. The molecule has 0 aliphatic carbocycles. The third-order valence-corrected chi connectivity index (χ3v) is 8.56. The van der Waals surface area contributed by atoms with Crippen LogP contribution in [0.3, 0.4) is 0 Å². The van der Waals surface area contributed by atoms with Gasteiger partial charge in [0.1, 0.15) is 60.4 Å². The van der Waals surface area contributed by atoms with E-state index in [0.29, 0.717) is 0 Å². The van der Waals surface area contributed by atoms with Crippen molar-refractivity contribution < 1.29 is 104 Å². The largest absolute Gasteiger partial charge is 0.480 e. The van der Waals surface area contributed by atoms with Gasteiger partial charge in [-0.3, -0.25) is 47.9 Å². The van der Waals surface area contributed by atoms with Crippen molar-refractivity contribution in [3.05, 3.63) is 0 Å². The molecule has 0 saturated heterocycles. The van der Waals surface area contributed by atoms with Crippen LogP contribution in [0.5, 0.6) is 0 Å². The molecule has 0 radical (unpaired) electrons. The second-order valence-corrected chi connectivity index (χ2v) is 13.3. The van der Waals surface area contributed by atoms with Gasteiger partial charge in [-0.1, -0.05) is 0 Å². The normalized spacial score (nSPS) is 16.8. The molecule has 0 saturated carbocycles. The molecule has 0 aromatic carbocycles. The van der Waals surface area contributed by atoms with Gasteiger partial charge in [-0.25, -0.2) is 0 Å². The van der Waals surface area contributed by atoms with Crippen molar-refractivity contribution in [1.82, 2.24) is 47.9 Å². The quantitative estimate of drug-likeness (QED) is 0.0273. The highest BCUT2D eigenvalue weighted by molar-refractivity contribution is 5.79. The molecule has 0 fully saturated rings. The van der Waals surface area contributed by atoms with Crippen LogP contribution in [-0.4, -0.2) is 241 Å². The molecule has 0 amide bonds. The molecule has 0 aliphatic heterocycles. The number of carbonyl (C=O) groups is 10. The van der Waals surface area contributed by atoms with E-state index in [1.54, 1.807) is 0 Å². The fraction of sp³-hybridized carbons (Fsp3) is 0.677. The number of aliphatic hydroxyl groups excluding tert-OH is 1. The summed E-state index contributed by atoms with van der Waals surface area (Å²) in [4.78, 5) is 117. The van der Waals surface area contributed by atoms with Gasteiger partial charge >= 0.3 is 59.7 Å². The highest BCUT2D eigenvalue weighted by atomic mass is 16.4. The summed E-state index contributed by atoms with van der Waals surface area (Å²) < 4.78 is 0. The molecule has 354 valence electrons. The van der Waals surface area contributed by atoms with Gasteiger partial charge < -0.3 is 110 Å². The molecule has 0 aromatic heterocycles. The Kier molecular flexibility index (Phi) is 26.1. The predicted octanol–water partition coefficient (Wildman–Crippen LogP) is -9.84. The van der Waals surface area contributed by atoms with Crippen molar-refractivity contribution in [2.45, 2.75) is 73.4 Å². The van der Waals surface area contributed by atoms with Gasteiger partial charge in [-0.2, -0.15) is 0 Å². The first kappa shape index (κ1) is 56.3. The van der Waals surface area contributed by atoms with E-state index in [0.717, 1.165) is 6.92 Å². The van der Waals surface area contributed by atoms with Gasteiger partial charge in [0.15, 0.2) is 0 Å². The number of hydrogen-bond acceptors (Lipinski definition) is 21. The molecule has 62 heavy (non-hydrogen) atoms. The standard InChI is InChI=1S/C31H54N10O21/c1-11(42)21(31(61)62)41-10-20(30(59)60)40-9-19(29(57)58)39-8-18(28(55)56)38-7-17(27(53)54)37-6-16(26(51)52)36-5-15(25(49)50)35-4-14(24(47)48)34-3-13(23(45)46)33-2-12(32)22(43)44/h11-21,33-42H,2-10,32H2,1H3,(H,43,44)(H,45,46)(H,47,48)(H,49,50)(H,51,52)(H,53,54)(H,55,56)(H,57,58)(H,59,60)(H,61,62)/t11-,12+,13+,14+,15+,16+,17+,18+,19+,20+,21+/m1/s1. The van der Waals surface area contributed by atoms with E-state index in [-0.39, 0.29) is 0 Å². The number of nitrogens with two attached hydrogens (primary N) is 1. The Hall–Kier alpha value is -5.74. The maximum Gasteiger partial charge on any atom is 0.323 e. The zero-order valence-electron chi connectivity index (χ0n) is 32.8. The predicted molar refractivity (Wildman–Crippen MR) is 202 cm³/mol. The van der Waals surface area contributed by atoms with Gasteiger partial charge in [0.05, 0.1) is 6.10 Å². The van der Waals surface area contributed by atoms with E-state index in [9.17, 15) is 93.9 Å². The van der Waals surface area contributed by atoms with Gasteiger partial charge in [-0.15, -0.1) is 0 Å². The summed E-state index contributed by atoms with van der Waals surface area (Å²) in [5.41, 5.74) is 5.32. The first-order chi connectivity index (χ1) is 28.8. The molecule has 0 spiro atoms. The number of carboxylic acid groups (broad SMARTS) is 10. The molecule has 31 nitrogen and oxygen atoms in total. The van der Waals surface area contributed by atoms with Crippen LogP contribution >= 0.6 is 0 Å². The first-order valence-electron chi connectivity index (χ1n) is 18.1. The number of hydrogen-bond donors (Lipinski definition) is 21. The maximum atomic E-state index is 12.0. The second-order valence-electron chi connectivity index (χ2n) is 13.3. The fourth-order valence-electron chi connectivity index (χ4n) is 4.86. The molecular formula is C31H54N10O21. The van der Waals surface area contributed by atoms with Crippen LogP contribution in [0.15, 0.2) is 0 Å². The lowest BCUT2D eigenvalue weighted by Gasteiger charge is -2.25. The van der Waals surface area contributed by atoms with E-state index in [1.165, 1.54) is 0 Å². The van der Waals surface area contributed by atoms with Crippen LogP contribution in [-0.2, 0) is 47.9 Å². The van der Waals surface area contributed by atoms with E-state index < -0.39 is 185 Å². The van der Waals surface area contributed by atoms with E-state index in [4.69, 9.17) is 15.9 Å². The molecule has 0 aromatic rings. The Bertz CT molecular complexity index is 1560. The van der Waals surface area contributed by atoms with Gasteiger partial charge in [0.2, 0.25) is 0 Å². The minimum Gasteiger partial charge on any atom is -0.480 e. The highest BCUT2D eigenvalue weighted by Gasteiger charge is 2.31. The topological polar surface area (TPSA) is 528 Å². The lowest BCUT2D eigenvalue weighted by molar-refractivity contribution is -0.144. The summed E-state index contributed by atoms with van der Waals surface area (Å²) in [6.45, 7) is -4.69. The number of aliphatic hydroxyl groups is 1. The highest BCUT2D eigenvalue weighted by Crippen LogP contribution is 1.97. The molecular weight excluding hydrogens is 848 g/mol. The van der Waals surface area contributed by atoms with Gasteiger partial charge in [0, 0.05) is 58.9 Å². The molecule has 0 aliphatic rings. The zero-order valence-corrected chi connectivity index (χ0v) is 32.8. The average molecular weight is 903 g/mol. The smallest absolute Gasteiger partial charge is 0.323 e. The Balaban J connectivity index is 5.45. The average Bonchev–Trinajstić information content (AvgIpc) is 3.15. The SMILES string of the molecule is C[C@@H](O)[C@H](NC[C@H](NC[C@H](NC[C@H](NC[C@H](NC[C@H](NC[C@H](NC[C@H](NC[C@H](NC[C@H](N)C(=O)O)C(=O)O)C(=O)O)C(=O)O)C(=O)O)C(=O)O)C(=O)O)C(=O)O)C(=O)O)C(=O)O. The number of nitrogens with one attached hydrogen (secondary N) is 9. The Morgan fingerprint density at radius 2 is 0.500 bits per heavy atom. The van der Waals surface area contributed by atoms with E-state index >= 15 is 0 Å². The third-order valence-electron chi connectivity index (χ3n) is 8.56. The lowest BCUT2D eigenvalue weighted by Crippen LogP contribution is -2.58. The maximum absolute atomic E-state index is 12.0. The van der Waals surface area contributed by atoms with Crippen LogP contribution < -0.4 is 53.6 Å². The fourth-order valence-corrected chi connectivity index (χ4v) is 4.86. The summed E-state index contributed by atoms with van der Waals surface area (Å²) in [6.07, 6.45) is -1.43. The summed E-state index contributed by atoms with van der Waals surface area (Å²) in [5, 5.41) is 125. The molecule has 0 rings (SSSR count). The van der Waals surface area contributed by atoms with Crippen LogP contribution in [0.25, 0.3) is 0 Å². The second kappa shape index (κ2) is 28.7. The van der Waals surface area contributed by atoms with Crippen molar-refractivity contribution >= 4 is 59.7 Å². The van der Waals surface area contributed by atoms with Crippen molar-refractivity contribution in [3.8, 4) is 0 Å². The van der Waals surface area contributed by atoms with Crippen molar-refractivity contribution in [2.24, 2.45) is 5.73 Å². The minimum absolute atomic E-state index is 0.499.